The lowest BCUT2D eigenvalue weighted by Crippen LogP contribution is -2.26. The number of rotatable bonds is 6. The highest BCUT2D eigenvalue weighted by molar-refractivity contribution is 5.95. The average molecular weight is 399 g/mol. The maximum atomic E-state index is 12.9. The summed E-state index contributed by atoms with van der Waals surface area (Å²) in [5.74, 6) is 0.000918. The van der Waals surface area contributed by atoms with E-state index in [9.17, 15) is 4.79 Å². The molecular formula is C22H27ClN4O. The standard InChI is InChI=1S/C22H26N4O.ClH/c1-16(2)26-15-17(13-24-26)14-25(4)22(27)20-7-5-6-19(12-20)18-8-10-21(23-3)11-9-18;/h5-13,15-16,23H,14H2,1-4H3;1H. The number of hydrogen-bond donors (Lipinski definition) is 1. The lowest BCUT2D eigenvalue weighted by atomic mass is 10.0. The van der Waals surface area contributed by atoms with Crippen molar-refractivity contribution in [3.63, 3.8) is 0 Å². The lowest BCUT2D eigenvalue weighted by Gasteiger charge is -2.17. The Bertz CT molecular complexity index is 918. The van der Waals surface area contributed by atoms with E-state index in [2.05, 4.69) is 36.4 Å². The molecule has 148 valence electrons. The second kappa shape index (κ2) is 9.42. The van der Waals surface area contributed by atoms with E-state index in [1.54, 1.807) is 4.90 Å². The Morgan fingerprint density at radius 3 is 2.46 bits per heavy atom. The maximum Gasteiger partial charge on any atom is 0.253 e. The Morgan fingerprint density at radius 2 is 1.86 bits per heavy atom. The maximum absolute atomic E-state index is 12.9. The van der Waals surface area contributed by atoms with Gasteiger partial charge in [0, 0.05) is 49.7 Å². The van der Waals surface area contributed by atoms with Crippen molar-refractivity contribution in [3.05, 3.63) is 72.1 Å². The van der Waals surface area contributed by atoms with E-state index >= 15 is 0 Å². The molecule has 1 N–H and O–H groups in total. The van der Waals surface area contributed by atoms with Crippen LogP contribution in [0.4, 0.5) is 5.69 Å². The SMILES string of the molecule is CNc1ccc(-c2cccc(C(=O)N(C)Cc3cnn(C(C)C)c3)c2)cc1.Cl. The highest BCUT2D eigenvalue weighted by atomic mass is 35.5. The average Bonchev–Trinajstić information content (AvgIpc) is 3.16. The molecule has 1 heterocycles. The predicted octanol–water partition coefficient (Wildman–Crippen LogP) is 4.87. The van der Waals surface area contributed by atoms with Crippen LogP contribution in [0.2, 0.25) is 0 Å². The van der Waals surface area contributed by atoms with E-state index in [-0.39, 0.29) is 18.3 Å². The summed E-state index contributed by atoms with van der Waals surface area (Å²) in [5, 5.41) is 7.46. The molecule has 0 aliphatic rings. The molecule has 0 unspecified atom stereocenters. The second-order valence-corrected chi connectivity index (χ2v) is 6.99. The lowest BCUT2D eigenvalue weighted by molar-refractivity contribution is 0.0785. The van der Waals surface area contributed by atoms with Gasteiger partial charge < -0.3 is 10.2 Å². The molecule has 2 aromatic carbocycles. The van der Waals surface area contributed by atoms with E-state index in [1.165, 1.54) is 0 Å². The molecule has 1 aromatic heterocycles. The summed E-state index contributed by atoms with van der Waals surface area (Å²) in [6.45, 7) is 4.70. The van der Waals surface area contributed by atoms with Crippen molar-refractivity contribution in [2.24, 2.45) is 0 Å². The molecule has 0 radical (unpaired) electrons. The van der Waals surface area contributed by atoms with Crippen LogP contribution >= 0.6 is 12.4 Å². The minimum absolute atomic E-state index is 0. The summed E-state index contributed by atoms with van der Waals surface area (Å²) < 4.78 is 1.91. The number of hydrogen-bond acceptors (Lipinski definition) is 3. The van der Waals surface area contributed by atoms with Crippen LogP contribution in [0.15, 0.2) is 60.9 Å². The van der Waals surface area contributed by atoms with Crippen molar-refractivity contribution in [1.29, 1.82) is 0 Å². The smallest absolute Gasteiger partial charge is 0.253 e. The molecule has 0 spiro atoms. The Kier molecular flexibility index (Phi) is 7.24. The molecule has 0 atom stereocenters. The molecule has 0 fully saturated rings. The fourth-order valence-electron chi connectivity index (χ4n) is 2.97. The summed E-state index contributed by atoms with van der Waals surface area (Å²) in [6, 6.07) is 16.2. The van der Waals surface area contributed by atoms with Gasteiger partial charge in [0.25, 0.3) is 5.91 Å². The second-order valence-electron chi connectivity index (χ2n) is 6.99. The molecule has 0 aliphatic carbocycles. The Morgan fingerprint density at radius 1 is 1.14 bits per heavy atom. The minimum atomic E-state index is 0. The number of nitrogens with one attached hydrogen (secondary N) is 1. The third-order valence-electron chi connectivity index (χ3n) is 4.57. The van der Waals surface area contributed by atoms with Crippen molar-refractivity contribution in [2.75, 3.05) is 19.4 Å². The van der Waals surface area contributed by atoms with Crippen molar-refractivity contribution in [1.82, 2.24) is 14.7 Å². The number of carbonyl (C=O) groups is 1. The van der Waals surface area contributed by atoms with Gasteiger partial charge in [-0.25, -0.2) is 0 Å². The third kappa shape index (κ3) is 4.93. The van der Waals surface area contributed by atoms with Crippen LogP contribution in [0.3, 0.4) is 0 Å². The van der Waals surface area contributed by atoms with Gasteiger partial charge in [-0.15, -0.1) is 12.4 Å². The summed E-state index contributed by atoms with van der Waals surface area (Å²) in [4.78, 5) is 14.6. The van der Waals surface area contributed by atoms with Crippen LogP contribution in [-0.4, -0.2) is 34.7 Å². The Labute approximate surface area is 172 Å². The van der Waals surface area contributed by atoms with E-state index in [0.717, 1.165) is 22.4 Å². The van der Waals surface area contributed by atoms with Gasteiger partial charge in [0.1, 0.15) is 0 Å². The number of halogens is 1. The first-order valence-electron chi connectivity index (χ1n) is 9.14. The number of nitrogens with zero attached hydrogens (tertiary/aromatic N) is 3. The number of amides is 1. The first-order chi connectivity index (χ1) is 13.0. The van der Waals surface area contributed by atoms with E-state index < -0.39 is 0 Å². The van der Waals surface area contributed by atoms with E-state index in [4.69, 9.17) is 0 Å². The number of carbonyl (C=O) groups excluding carboxylic acids is 1. The number of benzene rings is 2. The van der Waals surface area contributed by atoms with Gasteiger partial charge in [0.05, 0.1) is 6.20 Å². The molecular weight excluding hydrogens is 372 g/mol. The fraction of sp³-hybridized carbons (Fsp3) is 0.273. The number of aromatic nitrogens is 2. The summed E-state index contributed by atoms with van der Waals surface area (Å²) in [7, 11) is 3.72. The highest BCUT2D eigenvalue weighted by Gasteiger charge is 2.14. The molecule has 6 heteroatoms. The third-order valence-corrected chi connectivity index (χ3v) is 4.57. The summed E-state index contributed by atoms with van der Waals surface area (Å²) in [6.07, 6.45) is 3.82. The normalized spacial score (nSPS) is 10.5. The minimum Gasteiger partial charge on any atom is -0.388 e. The van der Waals surface area contributed by atoms with E-state index in [1.807, 2.05) is 67.6 Å². The van der Waals surface area contributed by atoms with E-state index in [0.29, 0.717) is 18.2 Å². The van der Waals surface area contributed by atoms with Crippen molar-refractivity contribution < 1.29 is 4.79 Å². The largest absolute Gasteiger partial charge is 0.388 e. The molecule has 3 aromatic rings. The molecule has 0 saturated carbocycles. The molecule has 28 heavy (non-hydrogen) atoms. The predicted molar refractivity (Wildman–Crippen MR) is 117 cm³/mol. The molecule has 1 amide bonds. The topological polar surface area (TPSA) is 50.2 Å². The van der Waals surface area contributed by atoms with Gasteiger partial charge in [-0.2, -0.15) is 5.10 Å². The first-order valence-corrected chi connectivity index (χ1v) is 9.14. The molecule has 0 bridgehead atoms. The fourth-order valence-corrected chi connectivity index (χ4v) is 2.97. The van der Waals surface area contributed by atoms with Gasteiger partial charge in [0.2, 0.25) is 0 Å². The van der Waals surface area contributed by atoms with Crippen molar-refractivity contribution in [2.45, 2.75) is 26.4 Å². The van der Waals surface area contributed by atoms with Crippen LogP contribution in [0, 0.1) is 0 Å². The van der Waals surface area contributed by atoms with Crippen LogP contribution in [0.5, 0.6) is 0 Å². The molecule has 3 rings (SSSR count). The van der Waals surface area contributed by atoms with Gasteiger partial charge in [0.15, 0.2) is 0 Å². The quantitative estimate of drug-likeness (QED) is 0.644. The van der Waals surface area contributed by atoms with Crippen LogP contribution in [0.25, 0.3) is 11.1 Å². The van der Waals surface area contributed by atoms with Gasteiger partial charge >= 0.3 is 0 Å². The van der Waals surface area contributed by atoms with Crippen LogP contribution in [-0.2, 0) is 6.54 Å². The first kappa shape index (κ1) is 21.5. The van der Waals surface area contributed by atoms with Gasteiger partial charge in [-0.1, -0.05) is 24.3 Å². The van der Waals surface area contributed by atoms with Crippen LogP contribution in [0.1, 0.15) is 35.8 Å². The van der Waals surface area contributed by atoms with Crippen LogP contribution < -0.4 is 5.32 Å². The van der Waals surface area contributed by atoms with Gasteiger partial charge in [-0.3, -0.25) is 9.48 Å². The zero-order valence-corrected chi connectivity index (χ0v) is 17.5. The summed E-state index contributed by atoms with van der Waals surface area (Å²) in [5.41, 5.74) is 4.89. The highest BCUT2D eigenvalue weighted by Crippen LogP contribution is 2.23. The zero-order chi connectivity index (χ0) is 19.4. The zero-order valence-electron chi connectivity index (χ0n) is 16.7. The van der Waals surface area contributed by atoms with Gasteiger partial charge in [-0.05, 0) is 49.2 Å². The summed E-state index contributed by atoms with van der Waals surface area (Å²) >= 11 is 0. The Hall–Kier alpha value is -2.79. The molecule has 0 saturated heterocycles. The molecule has 5 nitrogen and oxygen atoms in total. The van der Waals surface area contributed by atoms with Crippen molar-refractivity contribution >= 4 is 24.0 Å². The molecule has 0 aliphatic heterocycles. The Balaban J connectivity index is 0.00000280. The monoisotopic (exact) mass is 398 g/mol. The van der Waals surface area contributed by atoms with Crippen molar-refractivity contribution in [3.8, 4) is 11.1 Å². The number of anilines is 1.